The monoisotopic (exact) mass is 752 g/mol. The van der Waals surface area contributed by atoms with Crippen LogP contribution < -0.4 is 26.6 Å². The summed E-state index contributed by atoms with van der Waals surface area (Å²) in [7, 11) is -3.21. The predicted octanol–water partition coefficient (Wildman–Crippen LogP) is 3.27. The van der Waals surface area contributed by atoms with Crippen molar-refractivity contribution in [3.8, 4) is 5.82 Å². The van der Waals surface area contributed by atoms with Crippen LogP contribution in [0.15, 0.2) is 75.4 Å². The van der Waals surface area contributed by atoms with Crippen molar-refractivity contribution in [2.75, 3.05) is 10.0 Å². The molecule has 4 rings (SSSR count). The SMILES string of the molecule is Cc1cn(C)c(=O)n(-c2ccc(C[C@H](NC(=O)c3cc(F)c(NS(=O)(=O)c4ccc(NC(=O)C(C)(C)C(F)(F)F)cc4)cc3F)C(=O)O)cn2)c1=O. The van der Waals surface area contributed by atoms with Gasteiger partial charge in [-0.2, -0.15) is 13.2 Å². The number of benzene rings is 2. The maximum Gasteiger partial charge on any atom is 0.402 e. The number of aryl methyl sites for hydroxylation is 2. The Morgan fingerprint density at radius 3 is 2.17 bits per heavy atom. The van der Waals surface area contributed by atoms with Gasteiger partial charge in [-0.05, 0) is 62.7 Å². The highest BCUT2D eigenvalue weighted by Gasteiger charge is 2.53. The van der Waals surface area contributed by atoms with E-state index in [1.54, 1.807) is 4.72 Å². The van der Waals surface area contributed by atoms with Crippen molar-refractivity contribution in [3.63, 3.8) is 0 Å². The molecule has 20 heteroatoms. The van der Waals surface area contributed by atoms with Gasteiger partial charge < -0.3 is 20.3 Å². The molecule has 1 atom stereocenters. The lowest BCUT2D eigenvalue weighted by molar-refractivity contribution is -0.208. The van der Waals surface area contributed by atoms with Crippen molar-refractivity contribution in [2.24, 2.45) is 12.5 Å². The number of nitrogens with one attached hydrogen (secondary N) is 3. The van der Waals surface area contributed by atoms with Crippen LogP contribution >= 0.6 is 0 Å². The zero-order valence-electron chi connectivity index (χ0n) is 27.5. The van der Waals surface area contributed by atoms with E-state index in [1.165, 1.54) is 36.9 Å². The number of rotatable bonds is 11. The van der Waals surface area contributed by atoms with Crippen molar-refractivity contribution >= 4 is 39.2 Å². The number of carbonyl (C=O) groups excluding carboxylic acids is 2. The van der Waals surface area contributed by atoms with Crippen LogP contribution in [0, 0.1) is 24.0 Å². The quantitative estimate of drug-likeness (QED) is 0.166. The fourth-order valence-electron chi connectivity index (χ4n) is 4.50. The van der Waals surface area contributed by atoms with Gasteiger partial charge in [-0.3, -0.25) is 19.1 Å². The van der Waals surface area contributed by atoms with Crippen molar-refractivity contribution in [1.82, 2.24) is 19.4 Å². The van der Waals surface area contributed by atoms with E-state index in [9.17, 15) is 55.1 Å². The predicted molar refractivity (Wildman–Crippen MR) is 174 cm³/mol. The number of anilines is 2. The van der Waals surface area contributed by atoms with Gasteiger partial charge >= 0.3 is 17.8 Å². The number of halogens is 5. The van der Waals surface area contributed by atoms with Gasteiger partial charge in [0.05, 0.1) is 16.1 Å². The molecule has 0 saturated carbocycles. The van der Waals surface area contributed by atoms with E-state index < -0.39 is 90.9 Å². The highest BCUT2D eigenvalue weighted by Crippen LogP contribution is 2.38. The molecule has 4 aromatic rings. The van der Waals surface area contributed by atoms with Gasteiger partial charge in [0.25, 0.3) is 21.5 Å². The largest absolute Gasteiger partial charge is 0.480 e. The minimum absolute atomic E-state index is 0.0586. The lowest BCUT2D eigenvalue weighted by atomic mass is 9.91. The number of alkyl halides is 3. The number of hydrogen-bond acceptors (Lipinski definition) is 8. The Kier molecular flexibility index (Phi) is 10.7. The van der Waals surface area contributed by atoms with Crippen LogP contribution in [0.5, 0.6) is 0 Å². The van der Waals surface area contributed by atoms with Gasteiger partial charge in [-0.25, -0.2) is 36.3 Å². The lowest BCUT2D eigenvalue weighted by Crippen LogP contribution is -2.43. The third kappa shape index (κ3) is 8.17. The number of carboxylic acids is 1. The molecule has 0 aliphatic heterocycles. The molecule has 0 aliphatic rings. The Morgan fingerprint density at radius 2 is 1.62 bits per heavy atom. The summed E-state index contributed by atoms with van der Waals surface area (Å²) < 4.78 is 98.9. The number of pyridine rings is 1. The second-order valence-corrected chi connectivity index (χ2v) is 13.6. The maximum atomic E-state index is 15.0. The summed E-state index contributed by atoms with van der Waals surface area (Å²) in [5, 5.41) is 13.8. The summed E-state index contributed by atoms with van der Waals surface area (Å²) >= 11 is 0. The number of carboxylic acid groups (broad SMARTS) is 1. The Labute approximate surface area is 291 Å². The zero-order chi connectivity index (χ0) is 38.9. The first-order valence-corrected chi connectivity index (χ1v) is 16.3. The first-order valence-electron chi connectivity index (χ1n) is 14.8. The summed E-state index contributed by atoms with van der Waals surface area (Å²) in [5.41, 5.74) is -5.71. The molecular formula is C32H29F5N6O8S. The minimum Gasteiger partial charge on any atom is -0.480 e. The maximum absolute atomic E-state index is 15.0. The van der Waals surface area contributed by atoms with Crippen molar-refractivity contribution < 1.29 is 49.9 Å². The highest BCUT2D eigenvalue weighted by molar-refractivity contribution is 7.92. The molecule has 0 fully saturated rings. The topological polar surface area (TPSA) is 199 Å². The van der Waals surface area contributed by atoms with Crippen LogP contribution in [-0.4, -0.2) is 57.6 Å². The molecule has 2 aromatic carbocycles. The van der Waals surface area contributed by atoms with E-state index in [2.05, 4.69) is 4.98 Å². The minimum atomic E-state index is -4.88. The van der Waals surface area contributed by atoms with Gasteiger partial charge in [0, 0.05) is 43.2 Å². The summed E-state index contributed by atoms with van der Waals surface area (Å²) in [6.45, 7) is 2.80. The Bertz CT molecular complexity index is 2250. The molecule has 14 nitrogen and oxygen atoms in total. The second kappa shape index (κ2) is 14.4. The van der Waals surface area contributed by atoms with E-state index in [1.807, 2.05) is 10.6 Å². The average molecular weight is 753 g/mol. The van der Waals surface area contributed by atoms with E-state index in [-0.39, 0.29) is 22.6 Å². The molecule has 0 radical (unpaired) electrons. The number of hydrogen-bond donors (Lipinski definition) is 4. The molecule has 0 bridgehead atoms. The molecule has 0 saturated heterocycles. The van der Waals surface area contributed by atoms with E-state index in [0.717, 1.165) is 35.0 Å². The molecule has 52 heavy (non-hydrogen) atoms. The van der Waals surface area contributed by atoms with Gasteiger partial charge in [0.1, 0.15) is 28.9 Å². The Morgan fingerprint density at radius 1 is 0.981 bits per heavy atom. The van der Waals surface area contributed by atoms with Gasteiger partial charge in [0.15, 0.2) is 0 Å². The van der Waals surface area contributed by atoms with Gasteiger partial charge in [0.2, 0.25) is 5.91 Å². The number of amides is 2. The highest BCUT2D eigenvalue weighted by atomic mass is 32.2. The van der Waals surface area contributed by atoms with Crippen LogP contribution in [0.3, 0.4) is 0 Å². The molecule has 2 heterocycles. The fraction of sp³-hybridized carbons (Fsp3) is 0.250. The molecule has 4 N–H and O–H groups in total. The van der Waals surface area contributed by atoms with Crippen LogP contribution in [0.25, 0.3) is 5.82 Å². The molecule has 2 amide bonds. The molecule has 276 valence electrons. The van der Waals surface area contributed by atoms with Crippen LogP contribution in [0.1, 0.15) is 35.3 Å². The smallest absolute Gasteiger partial charge is 0.402 e. The molecule has 0 aliphatic carbocycles. The first kappa shape index (κ1) is 38.9. The summed E-state index contributed by atoms with van der Waals surface area (Å²) in [6, 6.07) is 5.30. The van der Waals surface area contributed by atoms with E-state index in [4.69, 9.17) is 0 Å². The number of aromatic nitrogens is 3. The fourth-order valence-corrected chi connectivity index (χ4v) is 5.56. The summed E-state index contributed by atoms with van der Waals surface area (Å²) in [4.78, 5) is 65.4. The van der Waals surface area contributed by atoms with Gasteiger partial charge in [-0.15, -0.1) is 0 Å². The number of sulfonamides is 1. The van der Waals surface area contributed by atoms with E-state index >= 15 is 4.39 Å². The lowest BCUT2D eigenvalue weighted by Gasteiger charge is -2.26. The zero-order valence-corrected chi connectivity index (χ0v) is 28.3. The number of aliphatic carboxylic acids is 1. The van der Waals surface area contributed by atoms with Crippen LogP contribution in [0.2, 0.25) is 0 Å². The molecular weight excluding hydrogens is 723 g/mol. The molecule has 0 spiro atoms. The normalized spacial score (nSPS) is 12.6. The number of carbonyl (C=O) groups is 3. The van der Waals surface area contributed by atoms with E-state index in [0.29, 0.717) is 26.0 Å². The Balaban J connectivity index is 1.47. The standard InChI is InChI=1S/C32H29F5N6O8S/c1-16-15-42(4)30(49)43(27(16)45)25-10-5-17(14-38-25)11-24(28(46)47)40-26(44)20-12-22(34)23(13-21(20)33)41-52(50,51)19-8-6-18(7-9-19)39-29(48)31(2,3)32(35,36)37/h5-10,12-15,24,41H,11H2,1-4H3,(H,39,48)(H,40,44)(H,46,47)/t24-/m0/s1. The van der Waals surface area contributed by atoms with Crippen LogP contribution in [-0.2, 0) is 33.1 Å². The third-order valence-electron chi connectivity index (χ3n) is 7.75. The Hall–Kier alpha value is -5.92. The second-order valence-electron chi connectivity index (χ2n) is 12.0. The third-order valence-corrected chi connectivity index (χ3v) is 9.13. The van der Waals surface area contributed by atoms with Gasteiger partial charge in [-0.1, -0.05) is 6.07 Å². The van der Waals surface area contributed by atoms with Crippen molar-refractivity contribution in [2.45, 2.75) is 44.3 Å². The molecule has 0 unspecified atom stereocenters. The summed E-state index contributed by atoms with van der Waals surface area (Å²) in [5.74, 6) is -7.29. The first-order chi connectivity index (χ1) is 24.0. The average Bonchev–Trinajstić information content (AvgIpc) is 3.05. The number of nitrogens with zero attached hydrogens (tertiary/aromatic N) is 3. The summed E-state index contributed by atoms with van der Waals surface area (Å²) in [6.07, 6.45) is -2.79. The molecule has 2 aromatic heterocycles. The van der Waals surface area contributed by atoms with Crippen molar-refractivity contribution in [1.29, 1.82) is 0 Å². The van der Waals surface area contributed by atoms with Crippen molar-refractivity contribution in [3.05, 3.63) is 110 Å². The van der Waals surface area contributed by atoms with Crippen LogP contribution in [0.4, 0.5) is 33.3 Å².